The van der Waals surface area contributed by atoms with Crippen LogP contribution >= 0.6 is 0 Å². The van der Waals surface area contributed by atoms with Gasteiger partial charge in [-0.1, -0.05) is 125 Å². The van der Waals surface area contributed by atoms with Crippen LogP contribution in [-0.2, 0) is 37.4 Å². The van der Waals surface area contributed by atoms with E-state index in [1.807, 2.05) is 36.5 Å². The Morgan fingerprint density at radius 3 is 2.00 bits per heavy atom. The number of hydrogen-bond donors (Lipinski definition) is 1. The molecule has 6 aromatic carbocycles. The van der Waals surface area contributed by atoms with Crippen molar-refractivity contribution in [3.63, 3.8) is 0 Å². The maximum Gasteiger partial charge on any atom is 0.144 e. The number of benzene rings is 6. The predicted molar refractivity (Wildman–Crippen MR) is 231 cm³/mol. The first-order valence-electron chi connectivity index (χ1n) is 19.4. The van der Waals surface area contributed by atoms with Crippen LogP contribution < -0.4 is 0 Å². The molecule has 0 aliphatic heterocycles. The van der Waals surface area contributed by atoms with E-state index in [-0.39, 0.29) is 37.6 Å². The van der Waals surface area contributed by atoms with Gasteiger partial charge in [0.2, 0.25) is 0 Å². The summed E-state index contributed by atoms with van der Waals surface area (Å²) in [4.78, 5) is 10.4. The molecule has 3 heterocycles. The van der Waals surface area contributed by atoms with E-state index in [0.717, 1.165) is 77.3 Å². The van der Waals surface area contributed by atoms with E-state index < -0.39 is 5.54 Å². The van der Waals surface area contributed by atoms with Crippen LogP contribution in [0.3, 0.4) is 0 Å². The predicted octanol–water partition coefficient (Wildman–Crippen LogP) is 13.4. The number of pyridine rings is 1. The number of aromatic nitrogens is 3. The first-order chi connectivity index (χ1) is 26.7. The van der Waals surface area contributed by atoms with Crippen molar-refractivity contribution < 1.29 is 30.6 Å². The summed E-state index contributed by atoms with van der Waals surface area (Å²) in [6.07, 6.45) is 1.85. The summed E-state index contributed by atoms with van der Waals surface area (Å²) in [6.45, 7) is 17.8. The molecular weight excluding hydrogens is 882 g/mol. The molecule has 6 heteroatoms. The minimum absolute atomic E-state index is 0. The van der Waals surface area contributed by atoms with E-state index in [1.54, 1.807) is 6.07 Å². The molecule has 0 saturated carbocycles. The van der Waals surface area contributed by atoms with Crippen LogP contribution in [0.25, 0.3) is 77.5 Å². The van der Waals surface area contributed by atoms with Crippen LogP contribution in [0, 0.1) is 6.07 Å². The van der Waals surface area contributed by atoms with Gasteiger partial charge in [0.05, 0.1) is 22.1 Å². The average Bonchev–Trinajstić information content (AvgIpc) is 3.77. The third-order valence-corrected chi connectivity index (χ3v) is 11.4. The summed E-state index contributed by atoms with van der Waals surface area (Å²) in [5, 5.41) is 14.7. The monoisotopic (exact) mass is 927 g/mol. The smallest absolute Gasteiger partial charge is 0.144 e. The topological polar surface area (TPSA) is 64.1 Å². The number of phenolic OH excluding ortho intramolecular Hbond substituents is 1. The molecule has 288 valence electrons. The second-order valence-electron chi connectivity index (χ2n) is 17.6. The first kappa shape index (κ1) is 38.4. The molecule has 1 N–H and O–H groups in total. The fraction of sp³-hybridized carbons (Fsp3) is 0.216. The Kier molecular flexibility index (Phi) is 9.32. The zero-order valence-corrected chi connectivity index (χ0v) is 35.9. The maximum atomic E-state index is 11.6. The molecule has 9 aromatic rings. The Hall–Kier alpha value is -5.51. The fourth-order valence-corrected chi connectivity index (χ4v) is 8.14. The zero-order valence-electron chi connectivity index (χ0n) is 33.6. The van der Waals surface area contributed by atoms with E-state index in [2.05, 4.69) is 151 Å². The Morgan fingerprint density at radius 2 is 1.26 bits per heavy atom. The van der Waals surface area contributed by atoms with Gasteiger partial charge in [-0.2, -0.15) is 0 Å². The van der Waals surface area contributed by atoms with Gasteiger partial charge in [0.1, 0.15) is 22.7 Å². The third-order valence-electron chi connectivity index (χ3n) is 11.4. The van der Waals surface area contributed by atoms with Crippen LogP contribution in [0.2, 0.25) is 0 Å². The van der Waals surface area contributed by atoms with E-state index in [0.29, 0.717) is 11.4 Å². The molecule has 0 radical (unpaired) electrons. The van der Waals surface area contributed by atoms with Crippen molar-refractivity contribution >= 4 is 43.9 Å². The summed E-state index contributed by atoms with van der Waals surface area (Å²) in [6, 6.07) is 45.8. The van der Waals surface area contributed by atoms with Crippen molar-refractivity contribution in [3.8, 4) is 39.4 Å². The molecule has 0 atom stereocenters. The van der Waals surface area contributed by atoms with Crippen molar-refractivity contribution in [2.75, 3.05) is 0 Å². The number of nitrogens with zero attached hydrogens (tertiary/aromatic N) is 3. The molecule has 0 amide bonds. The van der Waals surface area contributed by atoms with Gasteiger partial charge < -0.3 is 14.1 Å². The van der Waals surface area contributed by atoms with Gasteiger partial charge >= 0.3 is 0 Å². The number of para-hydroxylation sites is 2. The number of fused-ring (bicyclic) bond motifs is 6. The minimum atomic E-state index is -0.524. The standard InChI is InChI=1S/C51H46N3O2.Pt/c1-49(2,3)34-23-24-43(55)41(29-34)48-53-46-36(19-14-21-42(46)54(48)51(7,8)33-16-10-9-11-17-33)31-26-32(28-35(27-31)50(4,5)6)39-30-40-37-18-12-13-22-44(37)56-47(40)38-20-15-25-52-45(38)39;/h9-25,27-30,55H,1-8H3;/q-1;. The Balaban J connectivity index is 0.00000455. The summed E-state index contributed by atoms with van der Waals surface area (Å²) in [5.41, 5.74) is 11.6. The average molecular weight is 928 g/mol. The third kappa shape index (κ3) is 6.47. The number of aromatic hydroxyl groups is 1. The minimum Gasteiger partial charge on any atom is -0.507 e. The van der Waals surface area contributed by atoms with E-state index in [9.17, 15) is 5.11 Å². The van der Waals surface area contributed by atoms with Crippen molar-refractivity contribution in [3.05, 3.63) is 150 Å². The van der Waals surface area contributed by atoms with Gasteiger partial charge in [0.15, 0.2) is 0 Å². The van der Waals surface area contributed by atoms with Crippen LogP contribution in [0.1, 0.15) is 72.1 Å². The van der Waals surface area contributed by atoms with Crippen molar-refractivity contribution in [2.45, 2.75) is 71.8 Å². The molecule has 3 aromatic heterocycles. The molecule has 5 nitrogen and oxygen atoms in total. The number of imidazole rings is 1. The number of hydrogen-bond acceptors (Lipinski definition) is 4. The normalized spacial score (nSPS) is 12.5. The molecule has 9 rings (SSSR count). The summed E-state index contributed by atoms with van der Waals surface area (Å²) >= 11 is 0. The SMILES string of the molecule is CC(C)(C)c1cc(-c2cc3c4ccccc4oc3c3cccnc23)[c-]c(-c2cccc3c2nc(-c2cc(C(C)(C)C)ccc2O)n3C(C)(C)c2ccccc2)c1.[Pt]. The van der Waals surface area contributed by atoms with Gasteiger partial charge in [-0.15, -0.1) is 34.9 Å². The summed E-state index contributed by atoms with van der Waals surface area (Å²) < 4.78 is 8.74. The largest absolute Gasteiger partial charge is 0.507 e. The molecule has 57 heavy (non-hydrogen) atoms. The second kappa shape index (κ2) is 13.8. The molecule has 0 fully saturated rings. The number of furan rings is 1. The molecule has 0 aliphatic rings. The van der Waals surface area contributed by atoms with Crippen LogP contribution in [0.15, 0.2) is 132 Å². The second-order valence-corrected chi connectivity index (χ2v) is 17.6. The molecule has 0 aliphatic carbocycles. The molecule has 0 saturated heterocycles. The van der Waals surface area contributed by atoms with Gasteiger partial charge in [-0.25, -0.2) is 4.98 Å². The number of rotatable bonds is 5. The molecule has 0 unspecified atom stereocenters. The summed E-state index contributed by atoms with van der Waals surface area (Å²) in [5.74, 6) is 0.912. The quantitative estimate of drug-likeness (QED) is 0.175. The Bertz CT molecular complexity index is 2980. The Morgan fingerprint density at radius 1 is 0.579 bits per heavy atom. The van der Waals surface area contributed by atoms with Gasteiger partial charge in [-0.3, -0.25) is 4.98 Å². The van der Waals surface area contributed by atoms with Crippen LogP contribution in [0.4, 0.5) is 0 Å². The zero-order chi connectivity index (χ0) is 39.1. The van der Waals surface area contributed by atoms with E-state index >= 15 is 0 Å². The first-order valence-corrected chi connectivity index (χ1v) is 19.4. The molecule has 0 spiro atoms. The maximum absolute atomic E-state index is 11.6. The van der Waals surface area contributed by atoms with Crippen molar-refractivity contribution in [1.82, 2.24) is 14.5 Å². The van der Waals surface area contributed by atoms with E-state index in [1.165, 1.54) is 5.56 Å². The number of phenols is 1. The van der Waals surface area contributed by atoms with Crippen molar-refractivity contribution in [1.29, 1.82) is 0 Å². The molecular formula is C51H46N3O2Pt-. The fourth-order valence-electron chi connectivity index (χ4n) is 8.14. The van der Waals surface area contributed by atoms with Gasteiger partial charge in [0, 0.05) is 48.9 Å². The van der Waals surface area contributed by atoms with Crippen molar-refractivity contribution in [2.24, 2.45) is 0 Å². The van der Waals surface area contributed by atoms with Gasteiger partial charge in [-0.05, 0) is 72.2 Å². The van der Waals surface area contributed by atoms with Crippen LogP contribution in [-0.4, -0.2) is 19.6 Å². The Labute approximate surface area is 348 Å². The molecule has 0 bridgehead atoms. The van der Waals surface area contributed by atoms with Crippen LogP contribution in [0.5, 0.6) is 5.75 Å². The van der Waals surface area contributed by atoms with Gasteiger partial charge in [0.25, 0.3) is 0 Å². The van der Waals surface area contributed by atoms with E-state index in [4.69, 9.17) is 14.4 Å². The summed E-state index contributed by atoms with van der Waals surface area (Å²) in [7, 11) is 0.